The molecule has 0 unspecified atom stereocenters. The van der Waals surface area contributed by atoms with Gasteiger partial charge in [0, 0.05) is 25.2 Å². The summed E-state index contributed by atoms with van der Waals surface area (Å²) in [5.41, 5.74) is 4.48. The van der Waals surface area contributed by atoms with E-state index in [1.54, 1.807) is 4.68 Å². The molecule has 3 aromatic rings. The number of benzene rings is 1. The summed E-state index contributed by atoms with van der Waals surface area (Å²) in [4.78, 5) is 17.8. The van der Waals surface area contributed by atoms with E-state index in [1.807, 2.05) is 58.2 Å². The van der Waals surface area contributed by atoms with Crippen molar-refractivity contribution >= 4 is 16.9 Å². The first-order valence-corrected chi connectivity index (χ1v) is 10.3. The van der Waals surface area contributed by atoms with Crippen LogP contribution in [0, 0.1) is 6.92 Å². The second-order valence-corrected chi connectivity index (χ2v) is 8.09. The third-order valence-corrected chi connectivity index (χ3v) is 5.22. The van der Waals surface area contributed by atoms with Crippen LogP contribution in [0.2, 0.25) is 0 Å². The summed E-state index contributed by atoms with van der Waals surface area (Å²) in [6, 6.07) is 10.0. The fraction of sp³-hybridized carbons (Fsp3) is 0.435. The lowest BCUT2D eigenvalue weighted by atomic mass is 10.1. The normalized spacial score (nSPS) is 13.8. The average molecular weight is 393 g/mol. The fourth-order valence-electron chi connectivity index (χ4n) is 3.65. The van der Waals surface area contributed by atoms with Crippen molar-refractivity contribution in [1.82, 2.24) is 20.1 Å². The highest BCUT2D eigenvalue weighted by Crippen LogP contribution is 2.40. The standard InChI is InChI=1S/C23H28N4O2/c1-14(2)29-18-9-5-16(6-10-18)11-12-24-23(28)19-13-20(17-7-8-17)25-22-21(19)15(3)26-27(22)4/h5-6,9-10,13-14,17H,7-8,11-12H2,1-4H3,(H,24,28). The van der Waals surface area contributed by atoms with Gasteiger partial charge in [-0.15, -0.1) is 0 Å². The van der Waals surface area contributed by atoms with Crippen LogP contribution in [0.3, 0.4) is 0 Å². The Kier molecular flexibility index (Phi) is 5.26. The lowest BCUT2D eigenvalue weighted by Gasteiger charge is -2.11. The molecule has 6 heteroatoms. The number of nitrogens with zero attached hydrogens (tertiary/aromatic N) is 3. The largest absolute Gasteiger partial charge is 0.491 e. The molecule has 0 radical (unpaired) electrons. The zero-order valence-corrected chi connectivity index (χ0v) is 17.5. The summed E-state index contributed by atoms with van der Waals surface area (Å²) in [5.74, 6) is 1.29. The second-order valence-electron chi connectivity index (χ2n) is 8.09. The molecule has 1 amide bonds. The Labute approximate surface area is 171 Å². The number of hydrogen-bond acceptors (Lipinski definition) is 4. The van der Waals surface area contributed by atoms with Crippen LogP contribution in [0.15, 0.2) is 30.3 Å². The molecule has 2 aromatic heterocycles. The van der Waals surface area contributed by atoms with Gasteiger partial charge in [-0.1, -0.05) is 12.1 Å². The lowest BCUT2D eigenvalue weighted by molar-refractivity contribution is 0.0955. The molecule has 0 saturated heterocycles. The number of aryl methyl sites for hydroxylation is 2. The number of amides is 1. The Hall–Kier alpha value is -2.89. The Morgan fingerprint density at radius 1 is 1.28 bits per heavy atom. The highest BCUT2D eigenvalue weighted by molar-refractivity contribution is 6.06. The van der Waals surface area contributed by atoms with Crippen LogP contribution < -0.4 is 10.1 Å². The summed E-state index contributed by atoms with van der Waals surface area (Å²) in [6.07, 6.45) is 3.22. The first-order chi connectivity index (χ1) is 13.9. The van der Waals surface area contributed by atoms with Gasteiger partial charge < -0.3 is 10.1 Å². The van der Waals surface area contributed by atoms with Crippen molar-refractivity contribution in [2.75, 3.05) is 6.54 Å². The third-order valence-electron chi connectivity index (χ3n) is 5.22. The molecule has 6 nitrogen and oxygen atoms in total. The summed E-state index contributed by atoms with van der Waals surface area (Å²) in [5, 5.41) is 8.40. The number of pyridine rings is 1. The van der Waals surface area contributed by atoms with Gasteiger partial charge in [0.15, 0.2) is 5.65 Å². The van der Waals surface area contributed by atoms with E-state index in [0.717, 1.165) is 53.0 Å². The van der Waals surface area contributed by atoms with Crippen molar-refractivity contribution in [3.8, 4) is 5.75 Å². The first-order valence-electron chi connectivity index (χ1n) is 10.3. The van der Waals surface area contributed by atoms with Gasteiger partial charge >= 0.3 is 0 Å². The van der Waals surface area contributed by atoms with Crippen LogP contribution in [0.1, 0.15) is 59.9 Å². The third kappa shape index (κ3) is 4.26. The SMILES string of the molecule is Cc1nn(C)c2nc(C3CC3)cc(C(=O)NCCc3ccc(OC(C)C)cc3)c12. The molecule has 1 saturated carbocycles. The molecule has 1 aliphatic carbocycles. The van der Waals surface area contributed by atoms with Gasteiger partial charge in [-0.25, -0.2) is 4.98 Å². The molecule has 0 aliphatic heterocycles. The van der Waals surface area contributed by atoms with E-state index in [0.29, 0.717) is 18.0 Å². The molecule has 0 atom stereocenters. The Morgan fingerprint density at radius 2 is 2.00 bits per heavy atom. The van der Waals surface area contributed by atoms with Crippen molar-refractivity contribution in [1.29, 1.82) is 0 Å². The van der Waals surface area contributed by atoms with Crippen LogP contribution in [-0.4, -0.2) is 33.3 Å². The monoisotopic (exact) mass is 392 g/mol. The van der Waals surface area contributed by atoms with Crippen molar-refractivity contribution in [2.24, 2.45) is 7.05 Å². The summed E-state index contributed by atoms with van der Waals surface area (Å²) in [7, 11) is 1.88. The van der Waals surface area contributed by atoms with Gasteiger partial charge in [0.2, 0.25) is 0 Å². The molecule has 1 fully saturated rings. The molecule has 29 heavy (non-hydrogen) atoms. The summed E-state index contributed by atoms with van der Waals surface area (Å²) in [6.45, 7) is 6.53. The Balaban J connectivity index is 1.46. The lowest BCUT2D eigenvalue weighted by Crippen LogP contribution is -2.26. The maximum absolute atomic E-state index is 13.0. The van der Waals surface area contributed by atoms with E-state index in [2.05, 4.69) is 10.4 Å². The van der Waals surface area contributed by atoms with Gasteiger partial charge in [-0.3, -0.25) is 9.48 Å². The quantitative estimate of drug-likeness (QED) is 0.662. The molecule has 0 bridgehead atoms. The summed E-state index contributed by atoms with van der Waals surface area (Å²) >= 11 is 0. The van der Waals surface area contributed by atoms with Crippen LogP contribution >= 0.6 is 0 Å². The van der Waals surface area contributed by atoms with Crippen molar-refractivity contribution < 1.29 is 9.53 Å². The van der Waals surface area contributed by atoms with E-state index in [-0.39, 0.29) is 12.0 Å². The van der Waals surface area contributed by atoms with Gasteiger partial charge in [0.1, 0.15) is 5.75 Å². The molecule has 1 aromatic carbocycles. The number of nitrogens with one attached hydrogen (secondary N) is 1. The smallest absolute Gasteiger partial charge is 0.252 e. The molecule has 1 aliphatic rings. The first kappa shape index (κ1) is 19.4. The van der Waals surface area contributed by atoms with Crippen LogP contribution in [0.5, 0.6) is 5.75 Å². The topological polar surface area (TPSA) is 69.0 Å². The minimum absolute atomic E-state index is 0.0600. The number of hydrogen-bond donors (Lipinski definition) is 1. The number of ether oxygens (including phenoxy) is 1. The van der Waals surface area contributed by atoms with Gasteiger partial charge in [-0.2, -0.15) is 5.10 Å². The maximum atomic E-state index is 13.0. The molecular weight excluding hydrogens is 364 g/mol. The molecular formula is C23H28N4O2. The van der Waals surface area contributed by atoms with Crippen molar-refractivity contribution in [2.45, 2.75) is 52.1 Å². The predicted octanol–water partition coefficient (Wildman–Crippen LogP) is 3.91. The molecule has 4 rings (SSSR count). The predicted molar refractivity (Wildman–Crippen MR) is 113 cm³/mol. The second kappa shape index (κ2) is 7.85. The number of carbonyl (C=O) groups is 1. The molecule has 0 spiro atoms. The van der Waals surface area contributed by atoms with E-state index in [4.69, 9.17) is 9.72 Å². The highest BCUT2D eigenvalue weighted by atomic mass is 16.5. The van der Waals surface area contributed by atoms with E-state index in [1.165, 1.54) is 0 Å². The Bertz CT molecular complexity index is 1030. The van der Waals surface area contributed by atoms with Crippen molar-refractivity contribution in [3.05, 3.63) is 52.8 Å². The minimum Gasteiger partial charge on any atom is -0.491 e. The number of rotatable bonds is 7. The van der Waals surface area contributed by atoms with Crippen LogP contribution in [0.25, 0.3) is 11.0 Å². The number of fused-ring (bicyclic) bond motifs is 1. The van der Waals surface area contributed by atoms with E-state index >= 15 is 0 Å². The fourth-order valence-corrected chi connectivity index (χ4v) is 3.65. The molecule has 152 valence electrons. The van der Waals surface area contributed by atoms with E-state index in [9.17, 15) is 4.79 Å². The van der Waals surface area contributed by atoms with Gasteiger partial charge in [0.25, 0.3) is 5.91 Å². The van der Waals surface area contributed by atoms with Gasteiger partial charge in [-0.05, 0) is 63.8 Å². The van der Waals surface area contributed by atoms with Crippen LogP contribution in [-0.2, 0) is 13.5 Å². The Morgan fingerprint density at radius 3 is 2.66 bits per heavy atom. The van der Waals surface area contributed by atoms with Crippen LogP contribution in [0.4, 0.5) is 0 Å². The van der Waals surface area contributed by atoms with E-state index < -0.39 is 0 Å². The average Bonchev–Trinajstić information content (AvgIpc) is 3.49. The van der Waals surface area contributed by atoms with Crippen molar-refractivity contribution in [3.63, 3.8) is 0 Å². The molecule has 2 heterocycles. The zero-order chi connectivity index (χ0) is 20.5. The highest BCUT2D eigenvalue weighted by Gasteiger charge is 2.28. The maximum Gasteiger partial charge on any atom is 0.252 e. The van der Waals surface area contributed by atoms with Gasteiger partial charge in [0.05, 0.1) is 22.7 Å². The number of carbonyl (C=O) groups excluding carboxylic acids is 1. The minimum atomic E-state index is -0.0600. The number of aromatic nitrogens is 3. The zero-order valence-electron chi connectivity index (χ0n) is 17.5. The molecule has 1 N–H and O–H groups in total. The summed E-state index contributed by atoms with van der Waals surface area (Å²) < 4.78 is 7.45.